The van der Waals surface area contributed by atoms with Gasteiger partial charge in [0.05, 0.1) is 18.9 Å². The average molecular weight is 322 g/mol. The second-order valence-corrected chi connectivity index (χ2v) is 5.58. The smallest absolute Gasteiger partial charge is 0.329 e. The maximum Gasteiger partial charge on any atom is 0.329 e. The van der Waals surface area contributed by atoms with Crippen LogP contribution in [-0.2, 0) is 14.3 Å². The van der Waals surface area contributed by atoms with E-state index in [0.717, 1.165) is 18.4 Å². The van der Waals surface area contributed by atoms with Gasteiger partial charge in [0, 0.05) is 12.6 Å². The number of piperidine rings is 1. The molecule has 2 rings (SSSR count). The fourth-order valence-corrected chi connectivity index (χ4v) is 2.95. The normalized spacial score (nSPS) is 21.7. The van der Waals surface area contributed by atoms with Gasteiger partial charge in [0.25, 0.3) is 0 Å². The zero-order chi connectivity index (χ0) is 16.8. The van der Waals surface area contributed by atoms with Crippen LogP contribution in [0, 0.1) is 0 Å². The number of amides is 1. The van der Waals surface area contributed by atoms with Crippen molar-refractivity contribution in [2.75, 3.05) is 32.6 Å². The Morgan fingerprint density at radius 1 is 1.48 bits per heavy atom. The van der Waals surface area contributed by atoms with Gasteiger partial charge >= 0.3 is 5.97 Å². The third-order valence-corrected chi connectivity index (χ3v) is 4.05. The topological polar surface area (TPSA) is 88.1 Å². The third kappa shape index (κ3) is 4.43. The molecule has 7 nitrogen and oxygen atoms in total. The molecule has 0 aliphatic carbocycles. The number of carboxylic acid groups (broad SMARTS) is 1. The molecule has 2 N–H and O–H groups in total. The van der Waals surface area contributed by atoms with Crippen LogP contribution in [0.3, 0.4) is 0 Å². The van der Waals surface area contributed by atoms with Gasteiger partial charge in [0.15, 0.2) is 0 Å². The first-order valence-corrected chi connectivity index (χ1v) is 7.47. The number of carbonyl (C=O) groups excluding carboxylic acids is 1. The van der Waals surface area contributed by atoms with Gasteiger partial charge in [-0.15, -0.1) is 0 Å². The first-order valence-electron chi connectivity index (χ1n) is 7.47. The molecule has 1 amide bonds. The quantitative estimate of drug-likeness (QED) is 0.740. The van der Waals surface area contributed by atoms with E-state index >= 15 is 0 Å². The van der Waals surface area contributed by atoms with Crippen molar-refractivity contribution < 1.29 is 24.2 Å². The average Bonchev–Trinajstić information content (AvgIpc) is 2.54. The molecule has 0 aromatic heterocycles. The van der Waals surface area contributed by atoms with E-state index in [9.17, 15) is 9.59 Å². The lowest BCUT2D eigenvalue weighted by molar-refractivity contribution is -0.145. The van der Waals surface area contributed by atoms with Gasteiger partial charge in [-0.2, -0.15) is 0 Å². The number of carbonyl (C=O) groups is 2. The lowest BCUT2D eigenvalue weighted by Gasteiger charge is -2.37. The van der Waals surface area contributed by atoms with Crippen molar-refractivity contribution in [2.24, 2.45) is 0 Å². The summed E-state index contributed by atoms with van der Waals surface area (Å²) in [5.41, 5.74) is 1.73. The molecule has 1 aromatic carbocycles. The molecule has 1 aliphatic heterocycles. The van der Waals surface area contributed by atoms with E-state index in [2.05, 4.69) is 10.2 Å². The summed E-state index contributed by atoms with van der Waals surface area (Å²) in [6, 6.07) is 5.92. The predicted octanol–water partition coefficient (Wildman–Crippen LogP) is 1.50. The van der Waals surface area contributed by atoms with Crippen LogP contribution in [-0.4, -0.2) is 55.8 Å². The van der Waals surface area contributed by atoms with E-state index in [-0.39, 0.29) is 18.8 Å². The number of nitrogens with one attached hydrogen (secondary N) is 1. The molecule has 1 saturated heterocycles. The van der Waals surface area contributed by atoms with E-state index in [1.54, 1.807) is 7.11 Å². The molecule has 1 aromatic rings. The van der Waals surface area contributed by atoms with Crippen LogP contribution in [0.25, 0.3) is 0 Å². The minimum atomic E-state index is -0.947. The monoisotopic (exact) mass is 322 g/mol. The van der Waals surface area contributed by atoms with Crippen LogP contribution in [0.15, 0.2) is 18.2 Å². The second-order valence-electron chi connectivity index (χ2n) is 5.58. The number of carboxylic acids is 1. The number of ether oxygens (including phenoxy) is 2. The van der Waals surface area contributed by atoms with E-state index in [0.29, 0.717) is 24.4 Å². The number of hydrogen-bond donors (Lipinski definition) is 2. The largest absolute Gasteiger partial charge is 0.495 e. The second kappa shape index (κ2) is 7.94. The molecule has 0 bridgehead atoms. The highest BCUT2D eigenvalue weighted by Gasteiger charge is 2.28. The molecule has 0 radical (unpaired) electrons. The minimum absolute atomic E-state index is 0.0646. The van der Waals surface area contributed by atoms with E-state index in [4.69, 9.17) is 14.6 Å². The lowest BCUT2D eigenvalue weighted by Crippen LogP contribution is -2.40. The summed E-state index contributed by atoms with van der Waals surface area (Å²) in [6.07, 6.45) is 2.23. The Balaban J connectivity index is 2.05. The summed E-state index contributed by atoms with van der Waals surface area (Å²) in [6.45, 7) is 0.414. The Bertz CT molecular complexity index is 563. The van der Waals surface area contributed by atoms with Crippen LogP contribution < -0.4 is 10.1 Å². The third-order valence-electron chi connectivity index (χ3n) is 4.05. The molecule has 0 spiro atoms. The Hall–Kier alpha value is -2.12. The number of nitrogens with zero attached hydrogens (tertiary/aromatic N) is 1. The first-order chi connectivity index (χ1) is 11.0. The van der Waals surface area contributed by atoms with Gasteiger partial charge in [0.2, 0.25) is 6.41 Å². The number of rotatable bonds is 7. The lowest BCUT2D eigenvalue weighted by atomic mass is 9.94. The maximum absolute atomic E-state index is 10.6. The standard InChI is InChI=1S/C16H22N2O5/c1-18-8-12(23-9-16(20)21)4-6-14(18)11-3-5-13(17-10-19)15(7-11)22-2/h3,5,7,10,12,14H,4,6,8-9H2,1-2H3,(H,17,19)(H,20,21). The van der Waals surface area contributed by atoms with Crippen molar-refractivity contribution in [3.05, 3.63) is 23.8 Å². The number of hydrogen-bond acceptors (Lipinski definition) is 5. The van der Waals surface area contributed by atoms with Gasteiger partial charge in [-0.05, 0) is 37.6 Å². The van der Waals surface area contributed by atoms with Crippen molar-refractivity contribution in [1.29, 1.82) is 0 Å². The molecule has 23 heavy (non-hydrogen) atoms. The Morgan fingerprint density at radius 3 is 2.87 bits per heavy atom. The van der Waals surface area contributed by atoms with Gasteiger partial charge in [-0.3, -0.25) is 9.69 Å². The van der Waals surface area contributed by atoms with Crippen LogP contribution in [0.5, 0.6) is 5.75 Å². The summed E-state index contributed by atoms with van der Waals surface area (Å²) in [7, 11) is 3.56. The summed E-state index contributed by atoms with van der Waals surface area (Å²) >= 11 is 0. The summed E-state index contributed by atoms with van der Waals surface area (Å²) in [5, 5.41) is 11.3. The number of methoxy groups -OCH3 is 1. The maximum atomic E-state index is 10.6. The van der Waals surface area contributed by atoms with Crippen molar-refractivity contribution in [2.45, 2.75) is 25.0 Å². The molecule has 2 unspecified atom stereocenters. The number of likely N-dealkylation sites (N-methyl/N-ethyl adjacent to an activating group) is 1. The van der Waals surface area contributed by atoms with Crippen LogP contribution in [0.1, 0.15) is 24.4 Å². The van der Waals surface area contributed by atoms with Crippen LogP contribution in [0.4, 0.5) is 5.69 Å². The highest BCUT2D eigenvalue weighted by atomic mass is 16.5. The zero-order valence-electron chi connectivity index (χ0n) is 13.3. The molecule has 1 fully saturated rings. The highest BCUT2D eigenvalue weighted by Crippen LogP contribution is 2.35. The molecule has 1 aliphatic rings. The molecule has 2 atom stereocenters. The summed E-state index contributed by atoms with van der Waals surface area (Å²) in [4.78, 5) is 23.3. The Morgan fingerprint density at radius 2 is 2.26 bits per heavy atom. The number of likely N-dealkylation sites (tertiary alicyclic amines) is 1. The number of anilines is 1. The van der Waals surface area contributed by atoms with Crippen molar-refractivity contribution in [3.8, 4) is 5.75 Å². The number of benzene rings is 1. The Labute approximate surface area is 135 Å². The fraction of sp³-hybridized carbons (Fsp3) is 0.500. The summed E-state index contributed by atoms with van der Waals surface area (Å²) < 4.78 is 10.7. The van der Waals surface area contributed by atoms with Gasteiger partial charge in [-0.1, -0.05) is 6.07 Å². The van der Waals surface area contributed by atoms with E-state index < -0.39 is 5.97 Å². The fourth-order valence-electron chi connectivity index (χ4n) is 2.95. The number of aliphatic carboxylic acids is 1. The Kier molecular flexibility index (Phi) is 5.95. The molecular formula is C16H22N2O5. The predicted molar refractivity (Wildman–Crippen MR) is 84.7 cm³/mol. The zero-order valence-corrected chi connectivity index (χ0v) is 13.3. The molecule has 1 heterocycles. The van der Waals surface area contributed by atoms with E-state index in [1.807, 2.05) is 25.2 Å². The highest BCUT2D eigenvalue weighted by molar-refractivity contribution is 5.75. The van der Waals surface area contributed by atoms with Gasteiger partial charge in [0.1, 0.15) is 12.4 Å². The van der Waals surface area contributed by atoms with Crippen molar-refractivity contribution in [3.63, 3.8) is 0 Å². The molecule has 126 valence electrons. The van der Waals surface area contributed by atoms with E-state index in [1.165, 1.54) is 0 Å². The first kappa shape index (κ1) is 17.2. The molecule has 0 saturated carbocycles. The van der Waals surface area contributed by atoms with Gasteiger partial charge < -0.3 is 19.9 Å². The molecular weight excluding hydrogens is 300 g/mol. The van der Waals surface area contributed by atoms with Crippen molar-refractivity contribution >= 4 is 18.1 Å². The van der Waals surface area contributed by atoms with Gasteiger partial charge in [-0.25, -0.2) is 4.79 Å². The van der Waals surface area contributed by atoms with Crippen LogP contribution in [0.2, 0.25) is 0 Å². The van der Waals surface area contributed by atoms with Crippen molar-refractivity contribution in [1.82, 2.24) is 4.90 Å². The molecule has 7 heteroatoms. The van der Waals surface area contributed by atoms with Crippen LogP contribution >= 0.6 is 0 Å². The summed E-state index contributed by atoms with van der Waals surface area (Å²) in [5.74, 6) is -0.329. The SMILES string of the molecule is COc1cc(C2CCC(OCC(=O)O)CN2C)ccc1NC=O. The minimum Gasteiger partial charge on any atom is -0.495 e.